The van der Waals surface area contributed by atoms with Crippen LogP contribution in [-0.4, -0.2) is 11.6 Å². The summed E-state index contributed by atoms with van der Waals surface area (Å²) in [6, 6.07) is 52.5. The fourth-order valence-corrected chi connectivity index (χ4v) is 8.20. The molecule has 0 saturated carbocycles. The third kappa shape index (κ3) is 8.94. The summed E-state index contributed by atoms with van der Waals surface area (Å²) in [6.45, 7) is 13.5. The van der Waals surface area contributed by atoms with Gasteiger partial charge in [-0.05, 0) is 121 Å². The lowest BCUT2D eigenvalue weighted by molar-refractivity contribution is 0.786. The maximum Gasteiger partial charge on any atom is 0.0541 e. The molecule has 1 aliphatic carbocycles. The van der Waals surface area contributed by atoms with E-state index in [0.717, 1.165) is 6.42 Å². The zero-order chi connectivity index (χ0) is 41.8. The van der Waals surface area contributed by atoms with Gasteiger partial charge in [0.2, 0.25) is 0 Å². The average molecular weight is 779 g/mol. The highest BCUT2D eigenvalue weighted by atomic mass is 15.1. The quantitative estimate of drug-likeness (QED) is 0.140. The molecule has 1 aromatic heterocycles. The molecule has 6 aromatic carbocycles. The molecule has 2 heterocycles. The van der Waals surface area contributed by atoms with Crippen molar-refractivity contribution in [1.82, 2.24) is 4.57 Å². The predicted molar refractivity (Wildman–Crippen MR) is 262 cm³/mol. The molecule has 0 radical (unpaired) electrons. The zero-order valence-corrected chi connectivity index (χ0v) is 35.3. The van der Waals surface area contributed by atoms with E-state index in [4.69, 9.17) is 0 Å². The number of likely N-dealkylation sites (N-methyl/N-ethyl adjacent to an activating group) is 1. The van der Waals surface area contributed by atoms with E-state index in [1.54, 1.807) is 6.08 Å². The average Bonchev–Trinajstić information content (AvgIpc) is 3.78. The van der Waals surface area contributed by atoms with Gasteiger partial charge in [-0.15, -0.1) is 0 Å². The van der Waals surface area contributed by atoms with Crippen LogP contribution in [-0.2, 0) is 0 Å². The van der Waals surface area contributed by atoms with Gasteiger partial charge in [0, 0.05) is 40.8 Å². The Bertz CT molecular complexity index is 2790. The molecule has 2 aliphatic rings. The highest BCUT2D eigenvalue weighted by molar-refractivity contribution is 6.11. The van der Waals surface area contributed by atoms with Crippen molar-refractivity contribution in [2.45, 2.75) is 33.1 Å². The molecule has 296 valence electrons. The lowest BCUT2D eigenvalue weighted by Crippen LogP contribution is -2.15. The van der Waals surface area contributed by atoms with E-state index in [-0.39, 0.29) is 0 Å². The first-order chi connectivity index (χ1) is 29.4. The minimum absolute atomic E-state index is 0.337. The first-order valence-electron chi connectivity index (χ1n) is 20.8. The van der Waals surface area contributed by atoms with Crippen molar-refractivity contribution in [1.29, 1.82) is 0 Å². The van der Waals surface area contributed by atoms with E-state index in [0.29, 0.717) is 5.92 Å². The molecule has 0 fully saturated rings. The second kappa shape index (κ2) is 19.5. The summed E-state index contributed by atoms with van der Waals surface area (Å²) in [6.07, 6.45) is 23.3. The number of para-hydroxylation sites is 1. The lowest BCUT2D eigenvalue weighted by Gasteiger charge is -2.23. The minimum atomic E-state index is 0.337. The molecule has 0 spiro atoms. The van der Waals surface area contributed by atoms with Crippen LogP contribution in [0.2, 0.25) is 0 Å². The Balaban J connectivity index is 0.000000333. The van der Waals surface area contributed by atoms with E-state index < -0.39 is 0 Å². The van der Waals surface area contributed by atoms with Gasteiger partial charge in [-0.3, -0.25) is 0 Å². The number of rotatable bonds is 8. The summed E-state index contributed by atoms with van der Waals surface area (Å²) < 4.78 is 2.40. The van der Waals surface area contributed by atoms with Crippen LogP contribution in [0.3, 0.4) is 0 Å². The summed E-state index contributed by atoms with van der Waals surface area (Å²) >= 11 is 0. The molecular weight excluding hydrogens is 725 g/mol. The summed E-state index contributed by atoms with van der Waals surface area (Å²) in [4.78, 5) is 2.37. The fraction of sp³-hybridized carbons (Fsp3) is 0.103. The number of allylic oxidation sites excluding steroid dienone is 14. The number of hydrogen-bond donors (Lipinski definition) is 0. The Morgan fingerprint density at radius 3 is 1.77 bits per heavy atom. The van der Waals surface area contributed by atoms with Crippen LogP contribution in [0.5, 0.6) is 0 Å². The smallest absolute Gasteiger partial charge is 0.0541 e. The maximum absolute atomic E-state index is 3.86. The van der Waals surface area contributed by atoms with Gasteiger partial charge in [-0.1, -0.05) is 177 Å². The lowest BCUT2D eigenvalue weighted by atomic mass is 9.84. The number of fused-ring (bicyclic) bond motifs is 6. The molecule has 0 bridgehead atoms. The van der Waals surface area contributed by atoms with Crippen molar-refractivity contribution < 1.29 is 0 Å². The summed E-state index contributed by atoms with van der Waals surface area (Å²) in [7, 11) is 2.20. The highest BCUT2D eigenvalue weighted by Gasteiger charge is 2.34. The summed E-state index contributed by atoms with van der Waals surface area (Å²) in [5.41, 5.74) is 16.6. The molecule has 9 rings (SSSR count). The van der Waals surface area contributed by atoms with Gasteiger partial charge in [0.15, 0.2) is 0 Å². The third-order valence-electron chi connectivity index (χ3n) is 11.2. The Labute approximate surface area is 357 Å². The molecule has 7 aromatic rings. The first-order valence-corrected chi connectivity index (χ1v) is 20.8. The number of hydrogen-bond acceptors (Lipinski definition) is 1. The molecule has 0 N–H and O–H groups in total. The van der Waals surface area contributed by atoms with Gasteiger partial charge in [0.1, 0.15) is 0 Å². The number of aryl methyl sites for hydroxylation is 1. The molecule has 1 aliphatic heterocycles. The Morgan fingerprint density at radius 2 is 1.18 bits per heavy atom. The molecule has 0 saturated heterocycles. The molecule has 60 heavy (non-hydrogen) atoms. The van der Waals surface area contributed by atoms with Crippen LogP contribution in [0.4, 0.5) is 5.69 Å². The van der Waals surface area contributed by atoms with Gasteiger partial charge >= 0.3 is 0 Å². The number of anilines is 1. The molecule has 1 unspecified atom stereocenters. The van der Waals surface area contributed by atoms with Crippen molar-refractivity contribution in [2.75, 3.05) is 11.9 Å². The predicted octanol–water partition coefficient (Wildman–Crippen LogP) is 15.9. The zero-order valence-electron chi connectivity index (χ0n) is 35.3. The molecule has 2 heteroatoms. The minimum Gasteiger partial charge on any atom is -0.347 e. The van der Waals surface area contributed by atoms with Crippen LogP contribution >= 0.6 is 0 Å². The maximum atomic E-state index is 3.86. The van der Waals surface area contributed by atoms with Gasteiger partial charge < -0.3 is 9.47 Å². The second-order valence-electron chi connectivity index (χ2n) is 15.0. The Kier molecular flexibility index (Phi) is 13.3. The second-order valence-corrected chi connectivity index (χ2v) is 15.0. The van der Waals surface area contributed by atoms with E-state index in [1.165, 1.54) is 83.4 Å². The molecule has 2 nitrogen and oxygen atoms in total. The summed E-state index contributed by atoms with van der Waals surface area (Å²) in [5.74, 6) is 0.337. The summed E-state index contributed by atoms with van der Waals surface area (Å²) in [5, 5.41) is 2.53. The number of nitrogens with zero attached hydrogens (tertiary/aromatic N) is 2. The van der Waals surface area contributed by atoms with Gasteiger partial charge in [0.25, 0.3) is 0 Å². The van der Waals surface area contributed by atoms with Gasteiger partial charge in [-0.25, -0.2) is 0 Å². The fourth-order valence-electron chi connectivity index (χ4n) is 8.20. The first kappa shape index (κ1) is 41.0. The third-order valence-corrected chi connectivity index (χ3v) is 11.2. The van der Waals surface area contributed by atoms with Crippen LogP contribution in [0.1, 0.15) is 37.3 Å². The van der Waals surface area contributed by atoms with Crippen LogP contribution in [0.25, 0.3) is 49.7 Å². The Morgan fingerprint density at radius 1 is 0.600 bits per heavy atom. The van der Waals surface area contributed by atoms with Gasteiger partial charge in [0.05, 0.1) is 11.0 Å². The monoisotopic (exact) mass is 778 g/mol. The van der Waals surface area contributed by atoms with Gasteiger partial charge in [-0.2, -0.15) is 0 Å². The van der Waals surface area contributed by atoms with Crippen molar-refractivity contribution in [3.8, 4) is 27.9 Å². The molecule has 0 amide bonds. The van der Waals surface area contributed by atoms with E-state index in [2.05, 4.69) is 195 Å². The largest absolute Gasteiger partial charge is 0.347 e. The van der Waals surface area contributed by atoms with Crippen LogP contribution in [0, 0.1) is 6.92 Å². The topological polar surface area (TPSA) is 8.17 Å². The van der Waals surface area contributed by atoms with Crippen molar-refractivity contribution in [3.05, 3.63) is 254 Å². The standard InChI is InChI=1S/C44H36N2.C7H8.C7H10/c1-4-6-13-30(5-2)32-18-22-41-37(26-32)38-28-34(19-23-42(38)45(41)3)35-21-25-44-40(29-35)39-27-33(31-14-9-7-10-15-31)20-24-43(39)46(44)36-16-11-8-12-17-36;1-7-5-3-2-4-6-7;1-3-5-7-6-4-2/h4-25,27-29,37H,1,26H2,2-3H3;2-6H,1H3;3-7H,1H2,2H3/b13-6-,30-5+;;6-4-,7-5-. The van der Waals surface area contributed by atoms with E-state index in [1.807, 2.05) is 61.6 Å². The van der Waals surface area contributed by atoms with Crippen molar-refractivity contribution >= 4 is 27.5 Å². The van der Waals surface area contributed by atoms with Crippen LogP contribution in [0.15, 0.2) is 242 Å². The van der Waals surface area contributed by atoms with E-state index in [9.17, 15) is 0 Å². The van der Waals surface area contributed by atoms with Crippen LogP contribution < -0.4 is 4.90 Å². The normalized spacial score (nSPS) is 14.6. The van der Waals surface area contributed by atoms with Crippen molar-refractivity contribution in [3.63, 3.8) is 0 Å². The van der Waals surface area contributed by atoms with Crippen molar-refractivity contribution in [2.24, 2.45) is 0 Å². The SMILES string of the molecule is C=C/C=C\C(=C/C)C1=CC=C2C(C1)c1cc(-c3ccc4c(c3)c3cc(-c5ccccc5)ccc3n4-c3ccccc3)ccc1N2C.C=C/C=C\C=C/C.Cc1ccccc1. The molecule has 1 atom stereocenters. The highest BCUT2D eigenvalue weighted by Crippen LogP contribution is 2.50. The number of benzene rings is 6. The molecular formula is C58H54N2. The number of aromatic nitrogens is 1. The van der Waals surface area contributed by atoms with E-state index >= 15 is 0 Å². The Hall–Kier alpha value is -7.16.